The largest absolute Gasteiger partial charge is 0.455 e. The minimum Gasteiger partial charge on any atom is -0.455 e. The summed E-state index contributed by atoms with van der Waals surface area (Å²) in [5.41, 5.74) is 5.15. The highest BCUT2D eigenvalue weighted by molar-refractivity contribution is 6.11. The van der Waals surface area contributed by atoms with E-state index in [9.17, 15) is 20.0 Å². The third kappa shape index (κ3) is 1.69. The second kappa shape index (κ2) is 4.65. The summed E-state index contributed by atoms with van der Waals surface area (Å²) >= 11 is 0. The average molecular weight is 340 g/mol. The molecule has 2 atom stereocenters. The molecule has 0 fully saturated rings. The van der Waals surface area contributed by atoms with Gasteiger partial charge in [-0.1, -0.05) is 38.1 Å². The van der Waals surface area contributed by atoms with Crippen molar-refractivity contribution in [2.45, 2.75) is 31.1 Å². The van der Waals surface area contributed by atoms with Gasteiger partial charge in [0.05, 0.1) is 4.92 Å². The van der Waals surface area contributed by atoms with Gasteiger partial charge in [0.1, 0.15) is 11.3 Å². The molecule has 0 bridgehead atoms. The maximum atomic E-state index is 13.0. The number of nitro benzene ring substituents is 1. The maximum absolute atomic E-state index is 13.0. The third-order valence-electron chi connectivity index (χ3n) is 5.07. The van der Waals surface area contributed by atoms with Gasteiger partial charge in [-0.05, 0) is 17.5 Å². The van der Waals surface area contributed by atoms with Crippen LogP contribution in [0.25, 0.3) is 0 Å². The number of ether oxygens (including phenoxy) is 1. The van der Waals surface area contributed by atoms with E-state index in [0.717, 1.165) is 5.56 Å². The molecule has 7 nitrogen and oxygen atoms in total. The van der Waals surface area contributed by atoms with Crippen molar-refractivity contribution in [3.05, 3.63) is 68.8 Å². The SMILES string of the molecule is CC(C)c1ccc2c(c1)OC1(O)c3c(cccc3[N+](=O)[O-])C(=O)C21N. The fourth-order valence-electron chi connectivity index (χ4n) is 3.70. The number of benzene rings is 2. The molecule has 1 aliphatic carbocycles. The van der Waals surface area contributed by atoms with Crippen LogP contribution in [0.15, 0.2) is 36.4 Å². The molecule has 128 valence electrons. The lowest BCUT2D eigenvalue weighted by Crippen LogP contribution is -2.55. The molecule has 0 saturated heterocycles. The Morgan fingerprint density at radius 1 is 1.28 bits per heavy atom. The first-order chi connectivity index (χ1) is 11.7. The lowest BCUT2D eigenvalue weighted by Gasteiger charge is -2.29. The topological polar surface area (TPSA) is 116 Å². The quantitative estimate of drug-likeness (QED) is 0.640. The van der Waals surface area contributed by atoms with Crippen LogP contribution in [0.3, 0.4) is 0 Å². The molecule has 3 N–H and O–H groups in total. The monoisotopic (exact) mass is 340 g/mol. The van der Waals surface area contributed by atoms with Gasteiger partial charge in [-0.2, -0.15) is 0 Å². The minimum absolute atomic E-state index is 0.0118. The van der Waals surface area contributed by atoms with Crippen molar-refractivity contribution in [3.63, 3.8) is 0 Å². The van der Waals surface area contributed by atoms with Gasteiger partial charge in [0.2, 0.25) is 0 Å². The summed E-state index contributed by atoms with van der Waals surface area (Å²) in [6, 6.07) is 9.22. The number of hydrogen-bond acceptors (Lipinski definition) is 6. The van der Waals surface area contributed by atoms with Gasteiger partial charge in [0.25, 0.3) is 11.5 Å². The van der Waals surface area contributed by atoms with Gasteiger partial charge in [0.15, 0.2) is 11.3 Å². The van der Waals surface area contributed by atoms with Crippen LogP contribution >= 0.6 is 0 Å². The zero-order valence-electron chi connectivity index (χ0n) is 13.6. The smallest absolute Gasteiger partial charge is 0.280 e. The highest BCUT2D eigenvalue weighted by Gasteiger charge is 2.71. The van der Waals surface area contributed by atoms with Gasteiger partial charge in [-0.3, -0.25) is 14.9 Å². The van der Waals surface area contributed by atoms with Crippen molar-refractivity contribution in [1.82, 2.24) is 0 Å². The second-order valence-electron chi connectivity index (χ2n) is 6.75. The van der Waals surface area contributed by atoms with Crippen molar-refractivity contribution in [3.8, 4) is 5.75 Å². The van der Waals surface area contributed by atoms with Crippen LogP contribution in [0.1, 0.15) is 46.8 Å². The zero-order chi connectivity index (χ0) is 18.1. The van der Waals surface area contributed by atoms with Gasteiger partial charge in [-0.25, -0.2) is 0 Å². The molecule has 7 heteroatoms. The molecule has 0 saturated carbocycles. The van der Waals surface area contributed by atoms with Gasteiger partial charge < -0.3 is 15.6 Å². The van der Waals surface area contributed by atoms with Crippen LogP contribution in [0.2, 0.25) is 0 Å². The molecule has 4 rings (SSSR count). The first-order valence-electron chi connectivity index (χ1n) is 7.89. The van der Waals surface area contributed by atoms with Crippen LogP contribution in [-0.2, 0) is 11.3 Å². The second-order valence-corrected chi connectivity index (χ2v) is 6.75. The Balaban J connectivity index is 2.00. The number of Topliss-reactive ketones (excluding diaryl/α,β-unsaturated/α-hetero) is 1. The van der Waals surface area contributed by atoms with Crippen molar-refractivity contribution >= 4 is 11.5 Å². The normalized spacial score (nSPS) is 26.2. The molecule has 2 aromatic carbocycles. The van der Waals surface area contributed by atoms with Crippen LogP contribution in [-0.4, -0.2) is 15.8 Å². The average Bonchev–Trinajstić information content (AvgIpc) is 2.90. The molecule has 1 aliphatic heterocycles. The van der Waals surface area contributed by atoms with E-state index < -0.39 is 27.7 Å². The van der Waals surface area contributed by atoms with Crippen molar-refractivity contribution in [2.24, 2.45) is 5.73 Å². The molecule has 0 radical (unpaired) electrons. The number of nitrogens with two attached hydrogens (primary N) is 1. The summed E-state index contributed by atoms with van der Waals surface area (Å²) < 4.78 is 5.71. The Labute approximate surface area is 143 Å². The van der Waals surface area contributed by atoms with E-state index in [1.54, 1.807) is 12.1 Å². The predicted molar refractivity (Wildman–Crippen MR) is 88.3 cm³/mol. The van der Waals surface area contributed by atoms with E-state index >= 15 is 0 Å². The van der Waals surface area contributed by atoms with E-state index in [0.29, 0.717) is 5.56 Å². The summed E-state index contributed by atoms with van der Waals surface area (Å²) in [4.78, 5) is 23.7. The van der Waals surface area contributed by atoms with E-state index in [-0.39, 0.29) is 22.8 Å². The number of nitrogens with zero attached hydrogens (tertiary/aromatic N) is 1. The molecular formula is C18H16N2O5. The minimum atomic E-state index is -2.30. The Hall–Kier alpha value is -2.77. The number of hydrogen-bond donors (Lipinski definition) is 2. The van der Waals surface area contributed by atoms with Crippen LogP contribution in [0, 0.1) is 10.1 Å². The number of carbonyl (C=O) groups excluding carboxylic acids is 1. The Morgan fingerprint density at radius 3 is 2.64 bits per heavy atom. The molecular weight excluding hydrogens is 324 g/mol. The molecule has 2 aliphatic rings. The summed E-state index contributed by atoms with van der Waals surface area (Å²) in [6.07, 6.45) is 0. The highest BCUT2D eigenvalue weighted by Crippen LogP contribution is 2.58. The first kappa shape index (κ1) is 15.7. The van der Waals surface area contributed by atoms with E-state index in [1.807, 2.05) is 19.9 Å². The van der Waals surface area contributed by atoms with E-state index in [1.165, 1.54) is 18.2 Å². The predicted octanol–water partition coefficient (Wildman–Crippen LogP) is 2.31. The molecule has 1 heterocycles. The molecule has 25 heavy (non-hydrogen) atoms. The van der Waals surface area contributed by atoms with E-state index in [4.69, 9.17) is 10.5 Å². The van der Waals surface area contributed by atoms with Crippen LogP contribution in [0.5, 0.6) is 5.75 Å². The molecule has 0 amide bonds. The Morgan fingerprint density at radius 2 is 2.00 bits per heavy atom. The molecule has 2 aromatic rings. The number of aliphatic hydroxyl groups is 1. The van der Waals surface area contributed by atoms with Crippen molar-refractivity contribution < 1.29 is 19.6 Å². The Kier molecular flexibility index (Phi) is 2.93. The van der Waals surface area contributed by atoms with Crippen molar-refractivity contribution in [1.29, 1.82) is 0 Å². The lowest BCUT2D eigenvalue weighted by atomic mass is 9.83. The standard InChI is InChI=1S/C18H16N2O5/c1-9(2)10-6-7-12-14(8-10)25-18(22)15-11(16(21)17(12,18)19)4-3-5-13(15)20(23)24/h3-9,22H,19H2,1-2H3. The first-order valence-corrected chi connectivity index (χ1v) is 7.89. The number of fused-ring (bicyclic) bond motifs is 5. The van der Waals surface area contributed by atoms with E-state index in [2.05, 4.69) is 0 Å². The number of ketones is 1. The maximum Gasteiger partial charge on any atom is 0.280 e. The van der Waals surface area contributed by atoms with Gasteiger partial charge in [0, 0.05) is 17.2 Å². The molecule has 0 spiro atoms. The third-order valence-corrected chi connectivity index (χ3v) is 5.07. The molecule has 0 aromatic heterocycles. The molecule has 2 unspecified atom stereocenters. The fourth-order valence-corrected chi connectivity index (χ4v) is 3.70. The van der Waals surface area contributed by atoms with Gasteiger partial charge >= 0.3 is 0 Å². The van der Waals surface area contributed by atoms with Crippen molar-refractivity contribution in [2.75, 3.05) is 0 Å². The van der Waals surface area contributed by atoms with Crippen LogP contribution in [0.4, 0.5) is 5.69 Å². The van der Waals surface area contributed by atoms with Gasteiger partial charge in [-0.15, -0.1) is 0 Å². The number of nitro groups is 1. The highest BCUT2D eigenvalue weighted by atomic mass is 16.6. The number of carbonyl (C=O) groups is 1. The number of rotatable bonds is 2. The van der Waals surface area contributed by atoms with Crippen LogP contribution < -0.4 is 10.5 Å². The summed E-state index contributed by atoms with van der Waals surface area (Å²) in [6.45, 7) is 3.99. The summed E-state index contributed by atoms with van der Waals surface area (Å²) in [7, 11) is 0. The zero-order valence-corrected chi connectivity index (χ0v) is 13.6. The summed E-state index contributed by atoms with van der Waals surface area (Å²) in [5.74, 6) is -2.42. The summed E-state index contributed by atoms with van der Waals surface area (Å²) in [5, 5.41) is 22.6. The fraction of sp³-hybridized carbons (Fsp3) is 0.278. The Bertz CT molecular complexity index is 954. The lowest BCUT2D eigenvalue weighted by molar-refractivity contribution is -0.388.